The molecule has 0 fully saturated rings. The number of aliphatic hydroxyl groups excluding tert-OH is 2. The minimum atomic E-state index is -4.73. The molecule has 0 atom stereocenters. The van der Waals surface area contributed by atoms with Crippen molar-refractivity contribution in [3.8, 4) is 0 Å². The van der Waals surface area contributed by atoms with Crippen LogP contribution in [0.5, 0.6) is 0 Å². The summed E-state index contributed by atoms with van der Waals surface area (Å²) in [5, 5.41) is 18.7. The van der Waals surface area contributed by atoms with Gasteiger partial charge in [-0.05, 0) is 17.7 Å². The number of rotatable bonds is 4. The van der Waals surface area contributed by atoms with Gasteiger partial charge >= 0.3 is 6.18 Å². The van der Waals surface area contributed by atoms with Crippen molar-refractivity contribution in [1.82, 2.24) is 19.5 Å². The van der Waals surface area contributed by atoms with E-state index >= 15 is 0 Å². The van der Waals surface area contributed by atoms with Crippen molar-refractivity contribution in [2.24, 2.45) is 0 Å². The lowest BCUT2D eigenvalue weighted by molar-refractivity contribution is -0.142. The molecule has 186 valence electrons. The first-order valence-corrected chi connectivity index (χ1v) is 12.5. The number of benzene rings is 1. The maximum atomic E-state index is 13.3. The van der Waals surface area contributed by atoms with E-state index in [0.29, 0.717) is 23.4 Å². The largest absolute Gasteiger partial charge is 0.433 e. The second-order valence-corrected chi connectivity index (χ2v) is 9.87. The molecular formula is C21H26F3N5O4S. The molecule has 9 nitrogen and oxygen atoms in total. The minimum absolute atomic E-state index is 0.00498. The quantitative estimate of drug-likeness (QED) is 0.560. The molecule has 2 aromatic heterocycles. The number of hydrogen-bond acceptors (Lipinski definition) is 8. The highest BCUT2D eigenvalue weighted by Crippen LogP contribution is 2.32. The second-order valence-electron chi connectivity index (χ2n) is 7.89. The number of halogens is 3. The highest BCUT2D eigenvalue weighted by molar-refractivity contribution is 7.90. The fourth-order valence-corrected chi connectivity index (χ4v) is 4.56. The van der Waals surface area contributed by atoms with E-state index in [1.54, 1.807) is 4.57 Å². The molecule has 0 saturated carbocycles. The fourth-order valence-electron chi connectivity index (χ4n) is 3.64. The average Bonchev–Trinajstić information content (AvgIpc) is 3.13. The van der Waals surface area contributed by atoms with Gasteiger partial charge in [0.15, 0.2) is 15.5 Å². The molecule has 1 aliphatic rings. The molecule has 3 heterocycles. The monoisotopic (exact) mass is 501 g/mol. The maximum Gasteiger partial charge on any atom is 0.433 e. The van der Waals surface area contributed by atoms with E-state index in [4.69, 9.17) is 5.11 Å². The summed E-state index contributed by atoms with van der Waals surface area (Å²) >= 11 is 0. The summed E-state index contributed by atoms with van der Waals surface area (Å²) in [6.07, 6.45) is -1.48. The van der Waals surface area contributed by atoms with Crippen LogP contribution in [-0.4, -0.2) is 51.0 Å². The summed E-state index contributed by atoms with van der Waals surface area (Å²) in [5.74, 6) is 0.356. The Hall–Kier alpha value is -2.77. The van der Waals surface area contributed by atoms with Gasteiger partial charge in [0.05, 0.1) is 35.7 Å². The molecule has 1 aliphatic heterocycles. The molecule has 1 aromatic carbocycles. The number of hydrogen-bond donors (Lipinski definition) is 2. The third-order valence-corrected chi connectivity index (χ3v) is 6.26. The summed E-state index contributed by atoms with van der Waals surface area (Å²) in [4.78, 5) is 13.6. The van der Waals surface area contributed by atoms with Gasteiger partial charge in [-0.25, -0.2) is 23.4 Å². The van der Waals surface area contributed by atoms with Gasteiger partial charge in [-0.1, -0.05) is 20.3 Å². The molecule has 0 spiro atoms. The molecular weight excluding hydrogens is 475 g/mol. The summed E-state index contributed by atoms with van der Waals surface area (Å²) < 4.78 is 65.7. The molecule has 34 heavy (non-hydrogen) atoms. The fraction of sp³-hybridized carbons (Fsp3) is 0.476. The molecule has 0 aliphatic carbocycles. The highest BCUT2D eigenvalue weighted by Gasteiger charge is 2.36. The molecule has 4 rings (SSSR count). The Kier molecular flexibility index (Phi) is 7.48. The first kappa shape index (κ1) is 25.8. The van der Waals surface area contributed by atoms with E-state index < -0.39 is 40.5 Å². The van der Waals surface area contributed by atoms with E-state index in [1.807, 2.05) is 0 Å². The van der Waals surface area contributed by atoms with Crippen LogP contribution >= 0.6 is 0 Å². The number of imidazole rings is 1. The number of sulfone groups is 1. The van der Waals surface area contributed by atoms with Gasteiger partial charge in [0, 0.05) is 31.1 Å². The van der Waals surface area contributed by atoms with Crippen LogP contribution in [0.3, 0.4) is 0 Å². The summed E-state index contributed by atoms with van der Waals surface area (Å²) in [7, 11) is -3.58. The average molecular weight is 502 g/mol. The van der Waals surface area contributed by atoms with Crippen molar-refractivity contribution in [1.29, 1.82) is 0 Å². The number of aliphatic hydroxyl groups is 2. The maximum absolute atomic E-state index is 13.3. The molecule has 0 amide bonds. The topological polar surface area (TPSA) is 121 Å². The lowest BCUT2D eigenvalue weighted by atomic mass is 10.2. The van der Waals surface area contributed by atoms with Crippen LogP contribution in [0.1, 0.15) is 42.9 Å². The van der Waals surface area contributed by atoms with Crippen molar-refractivity contribution in [2.75, 3.05) is 17.7 Å². The van der Waals surface area contributed by atoms with Gasteiger partial charge in [0.1, 0.15) is 5.82 Å². The van der Waals surface area contributed by atoms with Crippen molar-refractivity contribution in [3.05, 3.63) is 41.0 Å². The first-order chi connectivity index (χ1) is 15.9. The first-order valence-electron chi connectivity index (χ1n) is 10.6. The van der Waals surface area contributed by atoms with Gasteiger partial charge < -0.3 is 19.7 Å². The zero-order valence-corrected chi connectivity index (χ0v) is 19.8. The minimum Gasteiger partial charge on any atom is -0.392 e. The Morgan fingerprint density at radius 2 is 1.71 bits per heavy atom. The summed E-state index contributed by atoms with van der Waals surface area (Å²) in [6, 6.07) is 2.95. The van der Waals surface area contributed by atoms with E-state index in [1.165, 1.54) is 23.5 Å². The van der Waals surface area contributed by atoms with Gasteiger partial charge in [0.25, 0.3) is 0 Å². The van der Waals surface area contributed by atoms with Gasteiger partial charge in [-0.2, -0.15) is 13.2 Å². The number of fused-ring (bicyclic) bond motifs is 3. The molecule has 0 unspecified atom stereocenters. The number of alkyl halides is 3. The van der Waals surface area contributed by atoms with Crippen LogP contribution in [0.15, 0.2) is 23.2 Å². The van der Waals surface area contributed by atoms with Gasteiger partial charge in [-0.3, -0.25) is 0 Å². The van der Waals surface area contributed by atoms with E-state index in [0.717, 1.165) is 12.5 Å². The third kappa shape index (κ3) is 5.15. The number of nitrogens with zero attached hydrogens (tertiary/aromatic N) is 5. The number of anilines is 1. The standard InChI is InChI=1S/C18H18F3N5O4S.C3H8/c1-31(29,30)14-5-13-12(4-10(14)8-27)23-15-7-25(2-3-26(13)15)17-22-6-11(9-28)16(24-17)18(19,20)21;1-3-2/h4-6,27-28H,2-3,7-9H2,1H3;3H2,1-2H3. The second kappa shape index (κ2) is 9.84. The lowest BCUT2D eigenvalue weighted by Gasteiger charge is -2.28. The smallest absolute Gasteiger partial charge is 0.392 e. The SMILES string of the molecule is CCC.CS(=O)(=O)c1cc2c(cc1CO)nc1n2CCN(c2ncc(CO)c(C(F)(F)F)n2)C1. The van der Waals surface area contributed by atoms with E-state index in [-0.39, 0.29) is 29.5 Å². The Labute approximate surface area is 194 Å². The Bertz CT molecular complexity index is 1290. The Morgan fingerprint density at radius 3 is 2.26 bits per heavy atom. The van der Waals surface area contributed by atoms with E-state index in [2.05, 4.69) is 28.8 Å². The summed E-state index contributed by atoms with van der Waals surface area (Å²) in [5.41, 5.74) is -0.351. The van der Waals surface area contributed by atoms with Crippen LogP contribution in [0.4, 0.5) is 19.1 Å². The number of aromatic nitrogens is 4. The molecule has 2 N–H and O–H groups in total. The van der Waals surface area contributed by atoms with Crippen LogP contribution in [0.25, 0.3) is 11.0 Å². The van der Waals surface area contributed by atoms with Crippen molar-refractivity contribution in [2.45, 2.75) is 57.6 Å². The lowest BCUT2D eigenvalue weighted by Crippen LogP contribution is -2.35. The summed E-state index contributed by atoms with van der Waals surface area (Å²) in [6.45, 7) is 3.63. The third-order valence-electron chi connectivity index (χ3n) is 5.08. The van der Waals surface area contributed by atoms with Gasteiger partial charge in [-0.15, -0.1) is 0 Å². The Morgan fingerprint density at radius 1 is 1.06 bits per heavy atom. The van der Waals surface area contributed by atoms with Crippen LogP contribution < -0.4 is 4.90 Å². The zero-order chi connectivity index (χ0) is 25.3. The van der Waals surface area contributed by atoms with Gasteiger partial charge in [0.2, 0.25) is 5.95 Å². The predicted molar refractivity (Wildman–Crippen MR) is 119 cm³/mol. The van der Waals surface area contributed by atoms with Crippen LogP contribution in [-0.2, 0) is 42.3 Å². The van der Waals surface area contributed by atoms with E-state index in [9.17, 15) is 26.7 Å². The molecule has 0 saturated heterocycles. The molecule has 0 bridgehead atoms. The molecule has 3 aromatic rings. The van der Waals surface area contributed by atoms with Crippen LogP contribution in [0, 0.1) is 0 Å². The molecule has 13 heteroatoms. The van der Waals surface area contributed by atoms with Crippen molar-refractivity contribution < 1.29 is 31.8 Å². The predicted octanol–water partition coefficient (Wildman–Crippen LogP) is 2.67. The Balaban J connectivity index is 0.00000103. The van der Waals surface area contributed by atoms with Crippen molar-refractivity contribution in [3.63, 3.8) is 0 Å². The zero-order valence-electron chi connectivity index (χ0n) is 19.0. The van der Waals surface area contributed by atoms with Crippen LogP contribution in [0.2, 0.25) is 0 Å². The highest BCUT2D eigenvalue weighted by atomic mass is 32.2. The molecule has 0 radical (unpaired) electrons. The normalized spacial score (nSPS) is 14.1. The van der Waals surface area contributed by atoms with Crippen molar-refractivity contribution >= 4 is 26.8 Å².